The van der Waals surface area contributed by atoms with Crippen molar-refractivity contribution in [2.24, 2.45) is 0 Å². The summed E-state index contributed by atoms with van der Waals surface area (Å²) in [5.74, 6) is -2.53. The molecule has 0 amide bonds. The molecule has 40 heavy (non-hydrogen) atoms. The molecule has 4 aliphatic rings. The Balaban J connectivity index is 1.70. The van der Waals surface area contributed by atoms with Crippen LogP contribution in [-0.4, -0.2) is 80.3 Å². The van der Waals surface area contributed by atoms with E-state index in [0.29, 0.717) is 52.7 Å². The van der Waals surface area contributed by atoms with E-state index < -0.39 is 35.7 Å². The molecular weight excluding hydrogens is 588 g/mol. The first-order chi connectivity index (χ1) is 19.1. The number of methoxy groups -OCH3 is 4. The van der Waals surface area contributed by atoms with Crippen molar-refractivity contribution in [3.05, 3.63) is 28.3 Å². The summed E-state index contributed by atoms with van der Waals surface area (Å²) in [6.07, 6.45) is -1.12. The molecule has 3 heterocycles. The Morgan fingerprint density at radius 2 is 1.88 bits per heavy atom. The number of phenols is 1. The summed E-state index contributed by atoms with van der Waals surface area (Å²) < 4.78 is 50.7. The fourth-order valence-corrected chi connectivity index (χ4v) is 8.24. The SMILES string of the molecule is COc1c2c(c(O)c3c4c(c(C)cc13)C1OC3(C(OC)OC)OC1[C@@](OC)(O4)[C@]3(CBr)OC(C)C)C(=O)CCC2. The van der Waals surface area contributed by atoms with E-state index in [0.717, 1.165) is 5.56 Å². The number of rotatable bonds is 8. The quantitative estimate of drug-likeness (QED) is 0.334. The van der Waals surface area contributed by atoms with Gasteiger partial charge in [-0.15, -0.1) is 0 Å². The zero-order valence-electron chi connectivity index (χ0n) is 23.7. The molecule has 0 aromatic heterocycles. The maximum atomic E-state index is 13.1. The second-order valence-electron chi connectivity index (χ2n) is 11.0. The van der Waals surface area contributed by atoms with Crippen molar-refractivity contribution in [3.63, 3.8) is 0 Å². The van der Waals surface area contributed by atoms with Gasteiger partial charge in [-0.1, -0.05) is 15.9 Å². The van der Waals surface area contributed by atoms with Crippen molar-refractivity contribution in [1.29, 1.82) is 0 Å². The highest BCUT2D eigenvalue weighted by molar-refractivity contribution is 9.09. The van der Waals surface area contributed by atoms with Gasteiger partial charge in [-0.25, -0.2) is 0 Å². The molecule has 2 aromatic rings. The van der Waals surface area contributed by atoms with Crippen LogP contribution in [0.5, 0.6) is 17.2 Å². The van der Waals surface area contributed by atoms with Crippen LogP contribution in [0.1, 0.15) is 59.8 Å². The first kappa shape index (κ1) is 28.1. The number of ketones is 1. The lowest BCUT2D eigenvalue weighted by atomic mass is 9.76. The largest absolute Gasteiger partial charge is 0.506 e. The summed E-state index contributed by atoms with van der Waals surface area (Å²) in [5, 5.41) is 12.9. The summed E-state index contributed by atoms with van der Waals surface area (Å²) in [7, 11) is 6.11. The zero-order valence-corrected chi connectivity index (χ0v) is 25.3. The van der Waals surface area contributed by atoms with Crippen molar-refractivity contribution < 1.29 is 47.8 Å². The summed E-state index contributed by atoms with van der Waals surface area (Å²) in [4.78, 5) is 13.1. The maximum Gasteiger partial charge on any atom is 0.275 e. The maximum absolute atomic E-state index is 13.1. The van der Waals surface area contributed by atoms with Crippen LogP contribution in [0.2, 0.25) is 0 Å². The van der Waals surface area contributed by atoms with E-state index in [4.69, 9.17) is 37.9 Å². The Kier molecular flexibility index (Phi) is 6.70. The number of aromatic hydroxyl groups is 1. The number of phenolic OH excluding ortho intramolecular Hbond substituents is 1. The van der Waals surface area contributed by atoms with Gasteiger partial charge in [0.25, 0.3) is 11.6 Å². The summed E-state index contributed by atoms with van der Waals surface area (Å²) in [6, 6.07) is 1.93. The minimum Gasteiger partial charge on any atom is -0.506 e. The number of fused-ring (bicyclic) bond motifs is 6. The van der Waals surface area contributed by atoms with Gasteiger partial charge < -0.3 is 43.0 Å². The number of halogens is 1. The fraction of sp³-hybridized carbons (Fsp3) is 0.621. The number of hydrogen-bond acceptors (Lipinski definition) is 10. The van der Waals surface area contributed by atoms with Crippen molar-refractivity contribution in [2.45, 2.75) is 81.8 Å². The zero-order chi connectivity index (χ0) is 28.8. The number of benzene rings is 2. The van der Waals surface area contributed by atoms with E-state index in [9.17, 15) is 9.90 Å². The summed E-state index contributed by atoms with van der Waals surface area (Å²) in [6.45, 7) is 5.73. The smallest absolute Gasteiger partial charge is 0.275 e. The number of aryl methyl sites for hydroxylation is 1. The molecule has 11 heteroatoms. The Morgan fingerprint density at radius 3 is 2.48 bits per heavy atom. The van der Waals surface area contributed by atoms with E-state index in [1.807, 2.05) is 26.8 Å². The fourth-order valence-electron chi connectivity index (χ4n) is 7.33. The average molecular weight is 623 g/mol. The summed E-state index contributed by atoms with van der Waals surface area (Å²) >= 11 is 3.66. The third kappa shape index (κ3) is 3.17. The highest BCUT2D eigenvalue weighted by atomic mass is 79.9. The van der Waals surface area contributed by atoms with Crippen LogP contribution in [-0.2, 0) is 34.8 Å². The van der Waals surface area contributed by atoms with Crippen LogP contribution >= 0.6 is 15.9 Å². The molecule has 2 fully saturated rings. The Labute approximate surface area is 241 Å². The van der Waals surface area contributed by atoms with Crippen LogP contribution in [0.25, 0.3) is 10.8 Å². The van der Waals surface area contributed by atoms with Crippen LogP contribution in [0.15, 0.2) is 6.07 Å². The molecule has 2 bridgehead atoms. The first-order valence-corrected chi connectivity index (χ1v) is 14.5. The van der Waals surface area contributed by atoms with Gasteiger partial charge in [-0.3, -0.25) is 4.79 Å². The van der Waals surface area contributed by atoms with Gasteiger partial charge in [0.15, 0.2) is 11.9 Å². The highest BCUT2D eigenvalue weighted by Gasteiger charge is 2.88. The molecule has 3 unspecified atom stereocenters. The third-order valence-electron chi connectivity index (χ3n) is 8.72. The van der Waals surface area contributed by atoms with E-state index in [2.05, 4.69) is 15.9 Å². The van der Waals surface area contributed by atoms with Crippen LogP contribution < -0.4 is 9.47 Å². The third-order valence-corrected chi connectivity index (χ3v) is 9.51. The van der Waals surface area contributed by atoms with Crippen LogP contribution in [0.3, 0.4) is 0 Å². The lowest BCUT2D eigenvalue weighted by Gasteiger charge is -2.56. The molecular formula is C29H35BrO10. The molecule has 10 nitrogen and oxygen atoms in total. The summed E-state index contributed by atoms with van der Waals surface area (Å²) in [5.41, 5.74) is 1.06. The van der Waals surface area contributed by atoms with E-state index in [1.165, 1.54) is 21.3 Å². The molecule has 5 atom stereocenters. The molecule has 1 N–H and O–H groups in total. The number of alkyl halides is 1. The Morgan fingerprint density at radius 1 is 1.15 bits per heavy atom. The lowest BCUT2D eigenvalue weighted by molar-refractivity contribution is -0.404. The van der Waals surface area contributed by atoms with Crippen molar-refractivity contribution in [2.75, 3.05) is 33.8 Å². The second-order valence-corrected chi connectivity index (χ2v) is 11.6. The second kappa shape index (κ2) is 9.52. The van der Waals surface area contributed by atoms with Crippen molar-refractivity contribution in [3.8, 4) is 17.2 Å². The van der Waals surface area contributed by atoms with Crippen molar-refractivity contribution in [1.82, 2.24) is 0 Å². The molecule has 3 aliphatic heterocycles. The topological polar surface area (TPSA) is 111 Å². The van der Waals surface area contributed by atoms with Gasteiger partial charge in [0.1, 0.15) is 23.4 Å². The van der Waals surface area contributed by atoms with Gasteiger partial charge in [0.05, 0.1) is 24.2 Å². The van der Waals surface area contributed by atoms with Gasteiger partial charge in [-0.2, -0.15) is 0 Å². The van der Waals surface area contributed by atoms with Gasteiger partial charge in [-0.05, 0) is 45.2 Å². The number of ether oxygens (including phenoxy) is 8. The highest BCUT2D eigenvalue weighted by Crippen LogP contribution is 2.69. The molecule has 0 radical (unpaired) electrons. The predicted molar refractivity (Wildman–Crippen MR) is 147 cm³/mol. The Bertz CT molecular complexity index is 1390. The molecule has 0 spiro atoms. The first-order valence-electron chi connectivity index (χ1n) is 13.4. The van der Waals surface area contributed by atoms with Gasteiger partial charge in [0, 0.05) is 49.6 Å². The van der Waals surface area contributed by atoms with E-state index in [1.54, 1.807) is 7.11 Å². The molecule has 6 rings (SSSR count). The molecule has 2 saturated heterocycles. The molecule has 218 valence electrons. The molecule has 2 aromatic carbocycles. The number of carbonyl (C=O) groups is 1. The van der Waals surface area contributed by atoms with Gasteiger partial charge in [0.2, 0.25) is 11.9 Å². The van der Waals surface area contributed by atoms with Crippen LogP contribution in [0, 0.1) is 6.92 Å². The standard InChI is InChI=1S/C29H35BrO10/c1-13(2)37-27(12-30)28(36-7)25-24(39-29(27,40-25)26(34-5)35-6)18-14(3)11-16-20(23(18)38-28)21(32)19-15(22(16)33-4)9-8-10-17(19)31/h11,13,24-26,32H,8-10,12H2,1-7H3/t24?,25?,27-,28+,29?/m0/s1. The number of carbonyl (C=O) groups excluding carboxylic acids is 1. The predicted octanol–water partition coefficient (Wildman–Crippen LogP) is 4.46. The minimum absolute atomic E-state index is 0.132. The number of Topliss-reactive ketones (excluding diaryl/α,β-unsaturated/α-hetero) is 1. The monoisotopic (exact) mass is 622 g/mol. The minimum atomic E-state index is -1.58. The average Bonchev–Trinajstić information content (AvgIpc) is 3.43. The number of hydrogen-bond donors (Lipinski definition) is 1. The van der Waals surface area contributed by atoms with E-state index in [-0.39, 0.29) is 28.5 Å². The molecule has 0 saturated carbocycles. The van der Waals surface area contributed by atoms with Crippen molar-refractivity contribution >= 4 is 32.5 Å². The molecule has 1 aliphatic carbocycles. The van der Waals surface area contributed by atoms with E-state index >= 15 is 0 Å². The van der Waals surface area contributed by atoms with Crippen LogP contribution in [0.4, 0.5) is 0 Å². The Hall–Kier alpha value is -1.99. The van der Waals surface area contributed by atoms with Gasteiger partial charge >= 0.3 is 0 Å². The lowest BCUT2D eigenvalue weighted by Crippen LogP contribution is -2.77. The normalized spacial score (nSPS) is 32.1.